The Balaban J connectivity index is 1.57. The van der Waals surface area contributed by atoms with Crippen LogP contribution in [0.5, 0.6) is 5.75 Å². The van der Waals surface area contributed by atoms with Gasteiger partial charge in [-0.15, -0.1) is 0 Å². The number of methoxy groups -OCH3 is 1. The molecule has 1 nitrogen and oxygen atoms in total. The van der Waals surface area contributed by atoms with Crippen LogP contribution in [0, 0.1) is 11.8 Å². The maximum absolute atomic E-state index is 5.94. The first-order chi connectivity index (χ1) is 16.7. The molecule has 0 amide bonds. The Morgan fingerprint density at radius 3 is 2.21 bits per heavy atom. The summed E-state index contributed by atoms with van der Waals surface area (Å²) in [6.07, 6.45) is 12.4. The van der Waals surface area contributed by atoms with E-state index in [-0.39, 0.29) is 0 Å². The number of rotatable bonds is 10. The first-order valence-corrected chi connectivity index (χ1v) is 13.6. The molecule has 0 saturated heterocycles. The molecule has 3 atom stereocenters. The molecule has 0 aliphatic heterocycles. The Labute approximate surface area is 207 Å². The van der Waals surface area contributed by atoms with Crippen molar-refractivity contribution in [3.8, 4) is 28.0 Å². The number of unbranched alkanes of at least 4 members (excludes halogenated alkanes) is 2. The summed E-state index contributed by atoms with van der Waals surface area (Å²) in [7, 11) is 1.82. The van der Waals surface area contributed by atoms with Gasteiger partial charge in [-0.05, 0) is 58.9 Å². The maximum atomic E-state index is 5.94. The van der Waals surface area contributed by atoms with Crippen LogP contribution < -0.4 is 4.74 Å². The van der Waals surface area contributed by atoms with Gasteiger partial charge in [0.25, 0.3) is 0 Å². The Hall–Kier alpha value is -2.54. The molecular formula is C33H42O. The minimum absolute atomic E-state index is 0.635. The third kappa shape index (κ3) is 5.74. The van der Waals surface area contributed by atoms with Crippen molar-refractivity contribution in [1.29, 1.82) is 0 Å². The molecule has 0 bridgehead atoms. The zero-order valence-corrected chi connectivity index (χ0v) is 21.4. The molecule has 0 heterocycles. The third-order valence-corrected chi connectivity index (χ3v) is 8.06. The van der Waals surface area contributed by atoms with E-state index in [1.807, 2.05) is 7.11 Å². The van der Waals surface area contributed by atoms with E-state index in [0.29, 0.717) is 5.92 Å². The quantitative estimate of drug-likeness (QED) is 0.277. The average Bonchev–Trinajstić information content (AvgIpc) is 2.90. The molecule has 1 aliphatic carbocycles. The van der Waals surface area contributed by atoms with Gasteiger partial charge in [0.2, 0.25) is 0 Å². The summed E-state index contributed by atoms with van der Waals surface area (Å²) < 4.78 is 5.94. The van der Waals surface area contributed by atoms with Crippen LogP contribution in [0.1, 0.15) is 83.1 Å². The topological polar surface area (TPSA) is 9.23 Å². The molecule has 1 heteroatoms. The van der Waals surface area contributed by atoms with Crippen molar-refractivity contribution in [2.45, 2.75) is 77.6 Å². The Morgan fingerprint density at radius 1 is 0.794 bits per heavy atom. The molecule has 0 radical (unpaired) electrons. The zero-order valence-electron chi connectivity index (χ0n) is 21.4. The summed E-state index contributed by atoms with van der Waals surface area (Å²) in [6.45, 7) is 4.70. The molecule has 3 aromatic carbocycles. The van der Waals surface area contributed by atoms with E-state index < -0.39 is 0 Å². The predicted octanol–water partition coefficient (Wildman–Crippen LogP) is 9.91. The van der Waals surface area contributed by atoms with Crippen molar-refractivity contribution < 1.29 is 4.74 Å². The average molecular weight is 455 g/mol. The van der Waals surface area contributed by atoms with Crippen molar-refractivity contribution in [2.75, 3.05) is 7.11 Å². The standard InChI is InChI=1S/C33H42O/c1-4-6-8-15-27-16-11-12-17-31(27)30(5-2)29-22-23-32(33(24-29)34-3)28-20-18-26(19-21-28)25-13-9-7-10-14-25/h7,9-10,13-14,18-24,27,30-31H,4-6,8,11-12,15-17H2,1-3H3. The summed E-state index contributed by atoms with van der Waals surface area (Å²) in [5.41, 5.74) is 6.37. The number of ether oxygens (including phenoxy) is 1. The van der Waals surface area contributed by atoms with Crippen molar-refractivity contribution in [3.05, 3.63) is 78.4 Å². The van der Waals surface area contributed by atoms with E-state index in [1.54, 1.807) is 0 Å². The van der Waals surface area contributed by atoms with Crippen LogP contribution in [-0.2, 0) is 0 Å². The van der Waals surface area contributed by atoms with Gasteiger partial charge in [0.1, 0.15) is 5.75 Å². The van der Waals surface area contributed by atoms with Crippen molar-refractivity contribution >= 4 is 0 Å². The minimum atomic E-state index is 0.635. The summed E-state index contributed by atoms with van der Waals surface area (Å²) in [5, 5.41) is 0. The highest BCUT2D eigenvalue weighted by Gasteiger charge is 2.31. The number of hydrogen-bond acceptors (Lipinski definition) is 1. The van der Waals surface area contributed by atoms with E-state index in [2.05, 4.69) is 86.6 Å². The van der Waals surface area contributed by atoms with E-state index in [1.165, 1.54) is 85.6 Å². The molecule has 4 rings (SSSR count). The first kappa shape index (κ1) is 24.6. The van der Waals surface area contributed by atoms with Crippen LogP contribution in [0.25, 0.3) is 22.3 Å². The monoisotopic (exact) mass is 454 g/mol. The van der Waals surface area contributed by atoms with Crippen molar-refractivity contribution in [1.82, 2.24) is 0 Å². The van der Waals surface area contributed by atoms with E-state index in [0.717, 1.165) is 17.6 Å². The normalized spacial score (nSPS) is 19.0. The molecule has 34 heavy (non-hydrogen) atoms. The van der Waals surface area contributed by atoms with Crippen LogP contribution in [0.15, 0.2) is 72.8 Å². The lowest BCUT2D eigenvalue weighted by Crippen LogP contribution is -2.25. The van der Waals surface area contributed by atoms with Crippen molar-refractivity contribution in [2.24, 2.45) is 11.8 Å². The minimum Gasteiger partial charge on any atom is -0.496 e. The molecule has 3 unspecified atom stereocenters. The molecule has 1 saturated carbocycles. The van der Waals surface area contributed by atoms with Crippen molar-refractivity contribution in [3.63, 3.8) is 0 Å². The van der Waals surface area contributed by atoms with Gasteiger partial charge in [-0.3, -0.25) is 0 Å². The van der Waals surface area contributed by atoms with Gasteiger partial charge in [-0.1, -0.05) is 126 Å². The summed E-state index contributed by atoms with van der Waals surface area (Å²) >= 11 is 0. The van der Waals surface area contributed by atoms with E-state index in [9.17, 15) is 0 Å². The Kier molecular flexibility index (Phi) is 8.85. The summed E-state index contributed by atoms with van der Waals surface area (Å²) in [5.74, 6) is 3.34. The second kappa shape index (κ2) is 12.2. The first-order valence-electron chi connectivity index (χ1n) is 13.6. The molecule has 3 aromatic rings. The Bertz CT molecular complexity index is 1000. The van der Waals surface area contributed by atoms with Crippen LogP contribution in [0.4, 0.5) is 0 Å². The molecular weight excluding hydrogens is 412 g/mol. The van der Waals surface area contributed by atoms with Crippen LogP contribution in [0.3, 0.4) is 0 Å². The lowest BCUT2D eigenvalue weighted by atomic mass is 9.68. The summed E-state index contributed by atoms with van der Waals surface area (Å²) in [4.78, 5) is 0. The van der Waals surface area contributed by atoms with E-state index >= 15 is 0 Å². The molecule has 0 N–H and O–H groups in total. The van der Waals surface area contributed by atoms with Crippen LogP contribution >= 0.6 is 0 Å². The fourth-order valence-corrected chi connectivity index (χ4v) is 6.22. The van der Waals surface area contributed by atoms with Crippen LogP contribution in [-0.4, -0.2) is 7.11 Å². The molecule has 1 fully saturated rings. The highest BCUT2D eigenvalue weighted by molar-refractivity contribution is 5.74. The lowest BCUT2D eigenvalue weighted by molar-refractivity contribution is 0.182. The lowest BCUT2D eigenvalue weighted by Gasteiger charge is -2.37. The maximum Gasteiger partial charge on any atom is 0.126 e. The fraction of sp³-hybridized carbons (Fsp3) is 0.455. The molecule has 1 aliphatic rings. The summed E-state index contributed by atoms with van der Waals surface area (Å²) in [6, 6.07) is 26.5. The SMILES string of the molecule is CCCCCC1CCCCC1C(CC)c1ccc(-c2ccc(-c3ccccc3)cc2)c(OC)c1. The Morgan fingerprint density at radius 2 is 1.50 bits per heavy atom. The second-order valence-electron chi connectivity index (χ2n) is 10.1. The molecule has 0 spiro atoms. The zero-order chi connectivity index (χ0) is 23.8. The van der Waals surface area contributed by atoms with Gasteiger partial charge >= 0.3 is 0 Å². The predicted molar refractivity (Wildman–Crippen MR) is 146 cm³/mol. The smallest absolute Gasteiger partial charge is 0.126 e. The van der Waals surface area contributed by atoms with Gasteiger partial charge < -0.3 is 4.74 Å². The van der Waals surface area contributed by atoms with Gasteiger partial charge in [0.05, 0.1) is 7.11 Å². The molecule has 180 valence electrons. The van der Waals surface area contributed by atoms with Gasteiger partial charge in [-0.2, -0.15) is 0 Å². The van der Waals surface area contributed by atoms with Gasteiger partial charge in [-0.25, -0.2) is 0 Å². The van der Waals surface area contributed by atoms with E-state index in [4.69, 9.17) is 4.74 Å². The fourth-order valence-electron chi connectivity index (χ4n) is 6.22. The highest BCUT2D eigenvalue weighted by atomic mass is 16.5. The molecule has 0 aromatic heterocycles. The van der Waals surface area contributed by atoms with Gasteiger partial charge in [0, 0.05) is 5.56 Å². The number of hydrogen-bond donors (Lipinski definition) is 0. The number of benzene rings is 3. The van der Waals surface area contributed by atoms with Gasteiger partial charge in [0.15, 0.2) is 0 Å². The van der Waals surface area contributed by atoms with Crippen LogP contribution in [0.2, 0.25) is 0 Å². The largest absolute Gasteiger partial charge is 0.496 e. The third-order valence-electron chi connectivity index (χ3n) is 8.06. The highest BCUT2D eigenvalue weighted by Crippen LogP contribution is 2.45. The second-order valence-corrected chi connectivity index (χ2v) is 10.1.